The summed E-state index contributed by atoms with van der Waals surface area (Å²) in [7, 11) is 0. The summed E-state index contributed by atoms with van der Waals surface area (Å²) in [6.07, 6.45) is 6.54. The number of carbonyl (C=O) groups excluding carboxylic acids is 1. The molecule has 4 rings (SSSR count). The van der Waals surface area contributed by atoms with Crippen molar-refractivity contribution in [1.82, 2.24) is 9.80 Å². The van der Waals surface area contributed by atoms with Crippen LogP contribution in [0, 0.1) is 0 Å². The van der Waals surface area contributed by atoms with Gasteiger partial charge in [-0.1, -0.05) is 36.8 Å². The molecule has 6 heteroatoms. The fourth-order valence-electron chi connectivity index (χ4n) is 4.14. The molecule has 6 nitrogen and oxygen atoms in total. The molecule has 0 radical (unpaired) electrons. The van der Waals surface area contributed by atoms with E-state index in [2.05, 4.69) is 45.5 Å². The molecule has 0 unspecified atom stereocenters. The van der Waals surface area contributed by atoms with Crippen molar-refractivity contribution in [3.8, 4) is 5.75 Å². The van der Waals surface area contributed by atoms with Gasteiger partial charge in [-0.2, -0.15) is 0 Å². The normalized spacial score (nSPS) is 16.6. The maximum absolute atomic E-state index is 11.3. The highest BCUT2D eigenvalue weighted by molar-refractivity contribution is 5.92. The maximum atomic E-state index is 11.3. The smallest absolute Gasteiger partial charge is 0.266 e. The van der Waals surface area contributed by atoms with Gasteiger partial charge in [0.25, 0.3) is 5.91 Å². The maximum Gasteiger partial charge on any atom is 0.266 e. The number of likely N-dealkylation sites (tertiary alicyclic amines) is 1. The lowest BCUT2D eigenvalue weighted by Gasteiger charge is -2.26. The van der Waals surface area contributed by atoms with Crippen molar-refractivity contribution in [2.24, 2.45) is 4.99 Å². The van der Waals surface area contributed by atoms with Gasteiger partial charge in [0.15, 0.2) is 0 Å². The second kappa shape index (κ2) is 11.0. The van der Waals surface area contributed by atoms with Crippen LogP contribution in [0.4, 0.5) is 5.69 Å². The van der Waals surface area contributed by atoms with Crippen LogP contribution in [0.1, 0.15) is 36.8 Å². The molecule has 1 saturated heterocycles. The Hall–Kier alpha value is -2.86. The summed E-state index contributed by atoms with van der Waals surface area (Å²) in [4.78, 5) is 19.6. The number of nitrogens with zero attached hydrogens (tertiary/aromatic N) is 3. The summed E-state index contributed by atoms with van der Waals surface area (Å²) in [5.41, 5.74) is 3.59. The molecule has 1 fully saturated rings. The molecule has 2 aromatic rings. The summed E-state index contributed by atoms with van der Waals surface area (Å²) >= 11 is 0. The number of hydrogen-bond donors (Lipinski definition) is 1. The van der Waals surface area contributed by atoms with E-state index in [4.69, 9.17) is 4.74 Å². The Kier molecular flexibility index (Phi) is 7.56. The number of rotatable bonds is 10. The first-order valence-corrected chi connectivity index (χ1v) is 11.3. The molecule has 2 aliphatic heterocycles. The van der Waals surface area contributed by atoms with Gasteiger partial charge in [0.1, 0.15) is 12.3 Å². The van der Waals surface area contributed by atoms with Crippen molar-refractivity contribution in [3.63, 3.8) is 0 Å². The molecule has 0 saturated carbocycles. The predicted octanol–water partition coefficient (Wildman–Crippen LogP) is 3.92. The standard InChI is InChI=1S/C25H32N4O2/c30-25-19-29(20-27-25)18-22-9-2-3-11-24(22)26-12-7-15-31-23-10-6-8-21(16-23)17-28-13-4-1-5-14-28/h2-3,6,8-11,16,20,26H,1,4-5,7,12-15,17-19H2. The van der Waals surface area contributed by atoms with Gasteiger partial charge in [-0.3, -0.25) is 9.69 Å². The fourth-order valence-corrected chi connectivity index (χ4v) is 4.14. The Morgan fingerprint density at radius 3 is 2.71 bits per heavy atom. The number of hydrogen-bond acceptors (Lipinski definition) is 5. The van der Waals surface area contributed by atoms with Crippen LogP contribution >= 0.6 is 0 Å². The van der Waals surface area contributed by atoms with E-state index in [1.54, 1.807) is 6.34 Å². The van der Waals surface area contributed by atoms with Gasteiger partial charge >= 0.3 is 0 Å². The SMILES string of the molecule is O=C1CN(Cc2ccccc2NCCCOc2cccc(CN3CCCCC3)c2)C=N1. The molecule has 0 spiro atoms. The molecule has 2 aliphatic rings. The zero-order valence-corrected chi connectivity index (χ0v) is 18.1. The van der Waals surface area contributed by atoms with Crippen LogP contribution in [0.5, 0.6) is 5.75 Å². The van der Waals surface area contributed by atoms with E-state index in [0.29, 0.717) is 19.7 Å². The van der Waals surface area contributed by atoms with Crippen molar-refractivity contribution in [3.05, 3.63) is 59.7 Å². The van der Waals surface area contributed by atoms with Crippen LogP contribution < -0.4 is 10.1 Å². The largest absolute Gasteiger partial charge is 0.494 e. The second-order valence-electron chi connectivity index (χ2n) is 8.31. The monoisotopic (exact) mass is 420 g/mol. The molecule has 0 bridgehead atoms. The van der Waals surface area contributed by atoms with E-state index >= 15 is 0 Å². The third kappa shape index (κ3) is 6.56. The minimum absolute atomic E-state index is 0.0809. The van der Waals surface area contributed by atoms with Crippen molar-refractivity contribution < 1.29 is 9.53 Å². The molecular formula is C25H32N4O2. The lowest BCUT2D eigenvalue weighted by molar-refractivity contribution is -0.117. The number of amides is 1. The minimum Gasteiger partial charge on any atom is -0.494 e. The third-order valence-corrected chi connectivity index (χ3v) is 5.75. The van der Waals surface area contributed by atoms with Gasteiger partial charge in [0, 0.05) is 25.3 Å². The Labute approximate surface area is 184 Å². The number of anilines is 1. The lowest BCUT2D eigenvalue weighted by atomic mass is 10.1. The molecule has 1 N–H and O–H groups in total. The summed E-state index contributed by atoms with van der Waals surface area (Å²) in [6, 6.07) is 16.7. The van der Waals surface area contributed by atoms with Crippen molar-refractivity contribution >= 4 is 17.9 Å². The predicted molar refractivity (Wildman–Crippen MR) is 125 cm³/mol. The fraction of sp³-hybridized carbons (Fsp3) is 0.440. The van der Waals surface area contributed by atoms with E-state index in [9.17, 15) is 4.79 Å². The van der Waals surface area contributed by atoms with Gasteiger partial charge in [0.2, 0.25) is 0 Å². The lowest BCUT2D eigenvalue weighted by Crippen LogP contribution is -2.29. The molecule has 2 heterocycles. The van der Waals surface area contributed by atoms with Crippen LogP contribution in [-0.4, -0.2) is 54.8 Å². The first-order valence-electron chi connectivity index (χ1n) is 11.3. The summed E-state index contributed by atoms with van der Waals surface area (Å²) in [5, 5.41) is 3.51. The number of nitrogens with one attached hydrogen (secondary N) is 1. The highest BCUT2D eigenvalue weighted by Gasteiger charge is 2.15. The number of ether oxygens (including phenoxy) is 1. The van der Waals surface area contributed by atoms with E-state index in [-0.39, 0.29) is 5.91 Å². The zero-order valence-electron chi connectivity index (χ0n) is 18.1. The van der Waals surface area contributed by atoms with Crippen LogP contribution in [0.3, 0.4) is 0 Å². The van der Waals surface area contributed by atoms with Crippen molar-refractivity contribution in [2.75, 3.05) is 38.1 Å². The number of benzene rings is 2. The second-order valence-corrected chi connectivity index (χ2v) is 8.31. The highest BCUT2D eigenvalue weighted by atomic mass is 16.5. The molecule has 31 heavy (non-hydrogen) atoms. The average Bonchev–Trinajstić information content (AvgIpc) is 3.20. The van der Waals surface area contributed by atoms with Gasteiger partial charge in [-0.05, 0) is 61.7 Å². The number of piperidine rings is 1. The molecular weight excluding hydrogens is 388 g/mol. The average molecular weight is 421 g/mol. The quantitative estimate of drug-likeness (QED) is 0.591. The zero-order chi connectivity index (χ0) is 21.3. The highest BCUT2D eigenvalue weighted by Crippen LogP contribution is 2.19. The summed E-state index contributed by atoms with van der Waals surface area (Å²) in [6.45, 7) is 5.98. The summed E-state index contributed by atoms with van der Waals surface area (Å²) in [5.74, 6) is 0.871. The molecule has 0 atom stereocenters. The molecule has 0 aromatic heterocycles. The molecule has 164 valence electrons. The molecule has 2 aromatic carbocycles. The van der Waals surface area contributed by atoms with E-state index in [0.717, 1.165) is 36.5 Å². The van der Waals surface area contributed by atoms with Gasteiger partial charge < -0.3 is 15.0 Å². The van der Waals surface area contributed by atoms with E-state index < -0.39 is 0 Å². The first-order chi connectivity index (χ1) is 15.3. The number of carbonyl (C=O) groups is 1. The Balaban J connectivity index is 1.20. The Morgan fingerprint density at radius 1 is 1.00 bits per heavy atom. The van der Waals surface area contributed by atoms with Crippen LogP contribution in [0.2, 0.25) is 0 Å². The van der Waals surface area contributed by atoms with Gasteiger partial charge in [0.05, 0.1) is 12.9 Å². The van der Waals surface area contributed by atoms with Gasteiger partial charge in [-0.15, -0.1) is 0 Å². The van der Waals surface area contributed by atoms with Crippen LogP contribution in [-0.2, 0) is 17.9 Å². The van der Waals surface area contributed by atoms with Crippen LogP contribution in [0.25, 0.3) is 0 Å². The van der Waals surface area contributed by atoms with Crippen molar-refractivity contribution in [1.29, 1.82) is 0 Å². The summed E-state index contributed by atoms with van der Waals surface area (Å²) < 4.78 is 6.00. The third-order valence-electron chi connectivity index (χ3n) is 5.75. The number of para-hydroxylation sites is 1. The molecule has 1 amide bonds. The van der Waals surface area contributed by atoms with Crippen LogP contribution in [0.15, 0.2) is 53.5 Å². The van der Waals surface area contributed by atoms with E-state index in [1.165, 1.54) is 37.9 Å². The molecule has 0 aliphatic carbocycles. The van der Waals surface area contributed by atoms with Gasteiger partial charge in [-0.25, -0.2) is 4.99 Å². The topological polar surface area (TPSA) is 57.2 Å². The Bertz CT molecular complexity index is 893. The first kappa shape index (κ1) is 21.4. The minimum atomic E-state index is -0.0809. The van der Waals surface area contributed by atoms with Crippen molar-refractivity contribution in [2.45, 2.75) is 38.8 Å². The van der Waals surface area contributed by atoms with E-state index in [1.807, 2.05) is 23.1 Å². The Morgan fingerprint density at radius 2 is 1.87 bits per heavy atom. The number of aliphatic imine (C=N–C) groups is 1.